The second-order valence-electron chi connectivity index (χ2n) is 6.50. The van der Waals surface area contributed by atoms with Crippen LogP contribution < -0.4 is 9.64 Å². The Balaban J connectivity index is 2.11. The van der Waals surface area contributed by atoms with Crippen molar-refractivity contribution in [1.82, 2.24) is 4.90 Å². The third-order valence-corrected chi connectivity index (χ3v) is 4.91. The first-order chi connectivity index (χ1) is 13.4. The number of likely N-dealkylation sites (N-methyl/N-ethyl adjacent to an activating group) is 1. The van der Waals surface area contributed by atoms with Gasteiger partial charge in [-0.15, -0.1) is 0 Å². The molecule has 0 saturated carbocycles. The van der Waals surface area contributed by atoms with Gasteiger partial charge in [0.25, 0.3) is 11.8 Å². The molecular formula is C21H21ClN2O4. The lowest BCUT2D eigenvalue weighted by atomic mass is 10.0. The van der Waals surface area contributed by atoms with Gasteiger partial charge in [0.05, 0.1) is 30.0 Å². The van der Waals surface area contributed by atoms with Crippen LogP contribution in [0, 0.1) is 6.92 Å². The largest absolute Gasteiger partial charge is 0.495 e. The molecule has 0 radical (unpaired) electrons. The number of methoxy groups -OCH3 is 1. The van der Waals surface area contributed by atoms with Crippen molar-refractivity contribution in [2.45, 2.75) is 6.92 Å². The number of rotatable bonds is 6. The summed E-state index contributed by atoms with van der Waals surface area (Å²) in [6.45, 7) is 2.03. The summed E-state index contributed by atoms with van der Waals surface area (Å²) in [6.07, 6.45) is 0. The second kappa shape index (κ2) is 8.04. The lowest BCUT2D eigenvalue weighted by molar-refractivity contribution is -0.120. The van der Waals surface area contributed by atoms with Gasteiger partial charge in [0.2, 0.25) is 0 Å². The number of aliphatic hydroxyl groups is 1. The minimum Gasteiger partial charge on any atom is -0.495 e. The van der Waals surface area contributed by atoms with E-state index in [2.05, 4.69) is 0 Å². The summed E-state index contributed by atoms with van der Waals surface area (Å²) < 4.78 is 5.14. The highest BCUT2D eigenvalue weighted by atomic mass is 35.5. The number of hydrogen-bond donors (Lipinski definition) is 1. The SMILES string of the molecule is COc1ccc(N2C(=O)C(c3ccc(C)cc3)=C(N(C)CCO)C2=O)cc1Cl. The molecule has 6 nitrogen and oxygen atoms in total. The monoisotopic (exact) mass is 400 g/mol. The Kier molecular flexibility index (Phi) is 5.72. The van der Waals surface area contributed by atoms with Crippen LogP contribution in [0.5, 0.6) is 5.75 Å². The first-order valence-corrected chi connectivity index (χ1v) is 9.12. The fourth-order valence-electron chi connectivity index (χ4n) is 3.14. The fraction of sp³-hybridized carbons (Fsp3) is 0.238. The molecule has 146 valence electrons. The lowest BCUT2D eigenvalue weighted by Crippen LogP contribution is -2.34. The van der Waals surface area contributed by atoms with Gasteiger partial charge >= 0.3 is 0 Å². The molecule has 1 heterocycles. The number of anilines is 1. The van der Waals surface area contributed by atoms with Crippen molar-refractivity contribution >= 4 is 34.7 Å². The van der Waals surface area contributed by atoms with E-state index in [0.29, 0.717) is 27.6 Å². The Morgan fingerprint density at radius 2 is 1.79 bits per heavy atom. The number of imide groups is 1. The Morgan fingerprint density at radius 1 is 1.11 bits per heavy atom. The summed E-state index contributed by atoms with van der Waals surface area (Å²) in [5.41, 5.74) is 2.59. The molecule has 1 aliphatic rings. The first-order valence-electron chi connectivity index (χ1n) is 8.74. The van der Waals surface area contributed by atoms with E-state index in [9.17, 15) is 14.7 Å². The summed E-state index contributed by atoms with van der Waals surface area (Å²) in [4.78, 5) is 29.2. The Bertz CT molecular complexity index is 953. The van der Waals surface area contributed by atoms with Crippen LogP contribution >= 0.6 is 11.6 Å². The van der Waals surface area contributed by atoms with Crippen LogP contribution in [0.4, 0.5) is 5.69 Å². The van der Waals surface area contributed by atoms with Crippen LogP contribution in [0.2, 0.25) is 5.02 Å². The smallest absolute Gasteiger partial charge is 0.282 e. The van der Waals surface area contributed by atoms with Crippen LogP contribution in [-0.4, -0.2) is 49.1 Å². The Labute approximate surface area is 168 Å². The number of hydrogen-bond acceptors (Lipinski definition) is 5. The molecule has 2 aromatic rings. The molecule has 2 aromatic carbocycles. The number of halogens is 1. The number of benzene rings is 2. The first kappa shape index (κ1) is 19.9. The van der Waals surface area contributed by atoms with Gasteiger partial charge in [-0.25, -0.2) is 4.90 Å². The highest BCUT2D eigenvalue weighted by molar-refractivity contribution is 6.45. The van der Waals surface area contributed by atoms with Crippen molar-refractivity contribution in [1.29, 1.82) is 0 Å². The average molecular weight is 401 g/mol. The number of carbonyl (C=O) groups excluding carboxylic acids is 2. The molecular weight excluding hydrogens is 380 g/mol. The van der Waals surface area contributed by atoms with E-state index in [1.807, 2.05) is 31.2 Å². The maximum atomic E-state index is 13.3. The third-order valence-electron chi connectivity index (χ3n) is 4.61. The van der Waals surface area contributed by atoms with Gasteiger partial charge in [0.15, 0.2) is 0 Å². The predicted molar refractivity (Wildman–Crippen MR) is 108 cm³/mol. The maximum Gasteiger partial charge on any atom is 0.282 e. The summed E-state index contributed by atoms with van der Waals surface area (Å²) >= 11 is 6.19. The number of nitrogens with zero attached hydrogens (tertiary/aromatic N) is 2. The van der Waals surface area contributed by atoms with E-state index in [0.717, 1.165) is 10.5 Å². The van der Waals surface area contributed by atoms with Crippen LogP contribution in [0.25, 0.3) is 5.57 Å². The van der Waals surface area contributed by atoms with Crippen molar-refractivity contribution in [3.8, 4) is 5.75 Å². The van der Waals surface area contributed by atoms with Gasteiger partial charge in [0.1, 0.15) is 11.4 Å². The van der Waals surface area contributed by atoms with Crippen molar-refractivity contribution in [3.63, 3.8) is 0 Å². The zero-order chi connectivity index (χ0) is 20.4. The Hall–Kier alpha value is -2.83. The quantitative estimate of drug-likeness (QED) is 0.755. The third kappa shape index (κ3) is 3.48. The molecule has 0 unspecified atom stereocenters. The molecule has 3 rings (SSSR count). The average Bonchev–Trinajstić information content (AvgIpc) is 2.93. The summed E-state index contributed by atoms with van der Waals surface area (Å²) in [5.74, 6) is -0.443. The minimum atomic E-state index is -0.460. The zero-order valence-corrected chi connectivity index (χ0v) is 16.7. The van der Waals surface area contributed by atoms with Gasteiger partial charge in [-0.1, -0.05) is 41.4 Å². The molecule has 2 amide bonds. The molecule has 0 bridgehead atoms. The van der Waals surface area contributed by atoms with E-state index < -0.39 is 11.8 Å². The van der Waals surface area contributed by atoms with E-state index >= 15 is 0 Å². The van der Waals surface area contributed by atoms with Gasteiger partial charge in [-0.3, -0.25) is 9.59 Å². The van der Waals surface area contributed by atoms with Crippen molar-refractivity contribution in [2.75, 3.05) is 32.2 Å². The zero-order valence-electron chi connectivity index (χ0n) is 15.9. The minimum absolute atomic E-state index is 0.142. The molecule has 0 aliphatic carbocycles. The molecule has 0 atom stereocenters. The Morgan fingerprint density at radius 3 is 2.36 bits per heavy atom. The van der Waals surface area contributed by atoms with E-state index in [-0.39, 0.29) is 18.8 Å². The normalized spacial score (nSPS) is 14.1. The summed E-state index contributed by atoms with van der Waals surface area (Å²) in [5, 5.41) is 9.61. The molecule has 7 heteroatoms. The molecule has 1 aliphatic heterocycles. The van der Waals surface area contributed by atoms with Gasteiger partial charge in [0, 0.05) is 13.6 Å². The molecule has 28 heavy (non-hydrogen) atoms. The van der Waals surface area contributed by atoms with Gasteiger partial charge < -0.3 is 14.7 Å². The van der Waals surface area contributed by atoms with Gasteiger partial charge in [-0.05, 0) is 30.7 Å². The van der Waals surface area contributed by atoms with Crippen LogP contribution in [0.15, 0.2) is 48.2 Å². The highest BCUT2D eigenvalue weighted by Crippen LogP contribution is 2.37. The molecule has 0 aromatic heterocycles. The molecule has 0 saturated heterocycles. The fourth-order valence-corrected chi connectivity index (χ4v) is 3.40. The summed E-state index contributed by atoms with van der Waals surface area (Å²) in [6, 6.07) is 12.1. The van der Waals surface area contributed by atoms with Crippen LogP contribution in [0.1, 0.15) is 11.1 Å². The van der Waals surface area contributed by atoms with Gasteiger partial charge in [-0.2, -0.15) is 0 Å². The standard InChI is InChI=1S/C21H21ClN2O4/c1-13-4-6-14(7-5-13)18-19(23(2)10-11-25)21(27)24(20(18)26)15-8-9-17(28-3)16(22)12-15/h4-9,12,25H,10-11H2,1-3H3. The van der Waals surface area contributed by atoms with Crippen molar-refractivity contribution in [2.24, 2.45) is 0 Å². The number of amides is 2. The van der Waals surface area contributed by atoms with Crippen molar-refractivity contribution in [3.05, 3.63) is 64.3 Å². The second-order valence-corrected chi connectivity index (χ2v) is 6.91. The molecule has 0 spiro atoms. The van der Waals surface area contributed by atoms with Crippen molar-refractivity contribution < 1.29 is 19.4 Å². The maximum absolute atomic E-state index is 13.3. The molecule has 1 N–H and O–H groups in total. The lowest BCUT2D eigenvalue weighted by Gasteiger charge is -2.20. The summed E-state index contributed by atoms with van der Waals surface area (Å²) in [7, 11) is 3.17. The van der Waals surface area contributed by atoms with E-state index in [1.54, 1.807) is 24.1 Å². The topological polar surface area (TPSA) is 70.1 Å². The number of aryl methyl sites for hydroxylation is 1. The predicted octanol–water partition coefficient (Wildman–Crippen LogP) is 2.87. The van der Waals surface area contributed by atoms with Crippen LogP contribution in [0.3, 0.4) is 0 Å². The van der Waals surface area contributed by atoms with Crippen LogP contribution in [-0.2, 0) is 9.59 Å². The van der Waals surface area contributed by atoms with E-state index in [1.165, 1.54) is 13.2 Å². The number of ether oxygens (including phenoxy) is 1. The highest BCUT2D eigenvalue weighted by Gasteiger charge is 2.41. The van der Waals surface area contributed by atoms with E-state index in [4.69, 9.17) is 16.3 Å². The molecule has 0 fully saturated rings. The number of carbonyl (C=O) groups is 2. The number of aliphatic hydroxyl groups excluding tert-OH is 1.